The molecular formula is C22H23F2NO2. The number of halogens is 2. The Bertz CT molecular complexity index is 794. The number of fused-ring (bicyclic) bond motifs is 2. The molecule has 27 heavy (non-hydrogen) atoms. The Labute approximate surface area is 158 Å². The average molecular weight is 371 g/mol. The van der Waals surface area contributed by atoms with Gasteiger partial charge in [-0.2, -0.15) is 8.78 Å². The zero-order chi connectivity index (χ0) is 18.6. The average Bonchev–Trinajstić information content (AvgIpc) is 2.64. The predicted octanol–water partition coefficient (Wildman–Crippen LogP) is 4.43. The molecule has 0 radical (unpaired) electrons. The predicted molar refractivity (Wildman–Crippen MR) is 99.9 cm³/mol. The van der Waals surface area contributed by atoms with Crippen LogP contribution in [0, 0.1) is 0 Å². The minimum atomic E-state index is -2.80. The van der Waals surface area contributed by atoms with E-state index in [1.165, 1.54) is 11.1 Å². The Morgan fingerprint density at radius 1 is 1.04 bits per heavy atom. The minimum Gasteiger partial charge on any atom is -0.435 e. The monoisotopic (exact) mass is 371 g/mol. The molecule has 2 aliphatic heterocycles. The molecule has 0 aromatic heterocycles. The number of morpholine rings is 1. The highest BCUT2D eigenvalue weighted by atomic mass is 19.3. The second-order valence-corrected chi connectivity index (χ2v) is 7.11. The molecule has 2 heterocycles. The molecule has 1 saturated heterocycles. The zero-order valence-corrected chi connectivity index (χ0v) is 15.1. The van der Waals surface area contributed by atoms with Crippen LogP contribution in [0.3, 0.4) is 0 Å². The van der Waals surface area contributed by atoms with Crippen molar-refractivity contribution in [3.63, 3.8) is 0 Å². The summed E-state index contributed by atoms with van der Waals surface area (Å²) in [5, 5.41) is 0. The van der Waals surface area contributed by atoms with E-state index in [9.17, 15) is 8.78 Å². The van der Waals surface area contributed by atoms with E-state index in [0.717, 1.165) is 18.5 Å². The molecule has 0 amide bonds. The van der Waals surface area contributed by atoms with E-state index in [4.69, 9.17) is 4.74 Å². The van der Waals surface area contributed by atoms with Crippen LogP contribution < -0.4 is 4.74 Å². The molecule has 0 N–H and O–H groups in total. The normalized spacial score (nSPS) is 22.6. The van der Waals surface area contributed by atoms with Gasteiger partial charge in [-0.05, 0) is 30.0 Å². The van der Waals surface area contributed by atoms with Gasteiger partial charge in [0.25, 0.3) is 0 Å². The van der Waals surface area contributed by atoms with E-state index in [1.807, 2.05) is 18.2 Å². The molecule has 0 saturated carbocycles. The van der Waals surface area contributed by atoms with Crippen LogP contribution in [0.1, 0.15) is 17.5 Å². The molecule has 5 heteroatoms. The standard InChI is InChI=1S/C22H23F2NO2/c23-22(24)27-21-9-5-4-8-18(21)10-17-11-19-14-26-15-20(12-17)25(19)13-16-6-2-1-3-7-16/h1-9,11,19-20,22H,10,12-15H2. The lowest BCUT2D eigenvalue weighted by atomic mass is 9.89. The molecule has 0 spiro atoms. The fraction of sp³-hybridized carbons (Fsp3) is 0.364. The van der Waals surface area contributed by atoms with Gasteiger partial charge in [-0.15, -0.1) is 0 Å². The maximum Gasteiger partial charge on any atom is 0.387 e. The molecule has 4 rings (SSSR count). The molecule has 2 bridgehead atoms. The summed E-state index contributed by atoms with van der Waals surface area (Å²) in [4.78, 5) is 2.49. The Morgan fingerprint density at radius 2 is 1.81 bits per heavy atom. The van der Waals surface area contributed by atoms with E-state index in [1.54, 1.807) is 12.1 Å². The molecule has 2 unspecified atom stereocenters. The van der Waals surface area contributed by atoms with Gasteiger partial charge in [-0.25, -0.2) is 0 Å². The minimum absolute atomic E-state index is 0.218. The number of hydrogen-bond acceptors (Lipinski definition) is 3. The lowest BCUT2D eigenvalue weighted by molar-refractivity contribution is -0.0506. The second-order valence-electron chi connectivity index (χ2n) is 7.11. The molecule has 3 nitrogen and oxygen atoms in total. The van der Waals surface area contributed by atoms with Gasteiger partial charge in [-0.3, -0.25) is 4.90 Å². The summed E-state index contributed by atoms with van der Waals surface area (Å²) in [5.74, 6) is 0.265. The van der Waals surface area contributed by atoms with Gasteiger partial charge >= 0.3 is 6.61 Å². The second kappa shape index (κ2) is 8.19. The topological polar surface area (TPSA) is 21.7 Å². The van der Waals surface area contributed by atoms with Crippen molar-refractivity contribution in [3.05, 3.63) is 77.4 Å². The number of rotatable bonds is 6. The Balaban J connectivity index is 1.51. The fourth-order valence-corrected chi connectivity index (χ4v) is 4.03. The third kappa shape index (κ3) is 4.37. The van der Waals surface area contributed by atoms with Crippen LogP contribution in [0.15, 0.2) is 66.2 Å². The van der Waals surface area contributed by atoms with Crippen LogP contribution in [0.2, 0.25) is 0 Å². The van der Waals surface area contributed by atoms with Gasteiger partial charge in [0, 0.05) is 12.6 Å². The van der Waals surface area contributed by atoms with Crippen LogP contribution in [0.4, 0.5) is 8.78 Å². The summed E-state index contributed by atoms with van der Waals surface area (Å²) in [6, 6.07) is 18.0. The van der Waals surface area contributed by atoms with E-state index in [0.29, 0.717) is 25.7 Å². The van der Waals surface area contributed by atoms with Crippen molar-refractivity contribution in [1.29, 1.82) is 0 Å². The maximum absolute atomic E-state index is 12.7. The van der Waals surface area contributed by atoms with Crippen LogP contribution >= 0.6 is 0 Å². The highest BCUT2D eigenvalue weighted by molar-refractivity contribution is 5.37. The number of alkyl halides is 2. The largest absolute Gasteiger partial charge is 0.435 e. The first-order chi connectivity index (χ1) is 13.2. The summed E-state index contributed by atoms with van der Waals surface area (Å²) < 4.78 is 35.8. The Morgan fingerprint density at radius 3 is 2.59 bits per heavy atom. The number of ether oxygens (including phenoxy) is 2. The van der Waals surface area contributed by atoms with E-state index >= 15 is 0 Å². The van der Waals surface area contributed by atoms with Gasteiger partial charge in [-0.1, -0.05) is 60.2 Å². The van der Waals surface area contributed by atoms with Crippen molar-refractivity contribution in [3.8, 4) is 5.75 Å². The first-order valence-corrected chi connectivity index (χ1v) is 9.29. The summed E-state index contributed by atoms with van der Waals surface area (Å²) in [7, 11) is 0. The molecular weight excluding hydrogens is 348 g/mol. The van der Waals surface area contributed by atoms with Gasteiger partial charge in [0.2, 0.25) is 0 Å². The summed E-state index contributed by atoms with van der Waals surface area (Å²) in [6.07, 6.45) is 3.76. The Kier molecular flexibility index (Phi) is 5.50. The summed E-state index contributed by atoms with van der Waals surface area (Å²) in [6.45, 7) is -0.535. The number of para-hydroxylation sites is 1. The van der Waals surface area contributed by atoms with Gasteiger partial charge < -0.3 is 9.47 Å². The van der Waals surface area contributed by atoms with Crippen molar-refractivity contribution in [1.82, 2.24) is 4.90 Å². The third-order valence-corrected chi connectivity index (χ3v) is 5.23. The van der Waals surface area contributed by atoms with Crippen molar-refractivity contribution in [2.75, 3.05) is 13.2 Å². The highest BCUT2D eigenvalue weighted by Crippen LogP contribution is 2.32. The Hall–Kier alpha value is -2.24. The van der Waals surface area contributed by atoms with Crippen LogP contribution in [0.5, 0.6) is 5.75 Å². The zero-order valence-electron chi connectivity index (χ0n) is 15.1. The summed E-state index contributed by atoms with van der Waals surface area (Å²) in [5.41, 5.74) is 3.37. The van der Waals surface area contributed by atoms with Gasteiger partial charge in [0.1, 0.15) is 5.75 Å². The first-order valence-electron chi connectivity index (χ1n) is 9.29. The molecule has 2 atom stereocenters. The summed E-state index contributed by atoms with van der Waals surface area (Å²) >= 11 is 0. The lowest BCUT2D eigenvalue weighted by Gasteiger charge is -2.45. The van der Waals surface area contributed by atoms with Crippen molar-refractivity contribution in [2.45, 2.75) is 38.1 Å². The maximum atomic E-state index is 12.7. The van der Waals surface area contributed by atoms with E-state index < -0.39 is 6.61 Å². The molecule has 2 aromatic rings. The van der Waals surface area contributed by atoms with E-state index in [2.05, 4.69) is 40.0 Å². The van der Waals surface area contributed by atoms with Crippen molar-refractivity contribution in [2.24, 2.45) is 0 Å². The van der Waals surface area contributed by atoms with Gasteiger partial charge in [0.15, 0.2) is 0 Å². The molecule has 0 aliphatic carbocycles. The van der Waals surface area contributed by atoms with E-state index in [-0.39, 0.29) is 11.8 Å². The fourth-order valence-electron chi connectivity index (χ4n) is 4.03. The molecule has 2 aliphatic rings. The third-order valence-electron chi connectivity index (χ3n) is 5.23. The molecule has 1 fully saturated rings. The van der Waals surface area contributed by atoms with Gasteiger partial charge in [0.05, 0.1) is 19.3 Å². The highest BCUT2D eigenvalue weighted by Gasteiger charge is 2.34. The van der Waals surface area contributed by atoms with Crippen LogP contribution in [-0.4, -0.2) is 36.8 Å². The molecule has 142 valence electrons. The van der Waals surface area contributed by atoms with Crippen LogP contribution in [-0.2, 0) is 17.7 Å². The SMILES string of the molecule is FC(F)Oc1ccccc1CC1=CC2COCC(C1)N2Cc1ccccc1. The van der Waals surface area contributed by atoms with Crippen LogP contribution in [0.25, 0.3) is 0 Å². The smallest absolute Gasteiger partial charge is 0.387 e. The lowest BCUT2D eigenvalue weighted by Crippen LogP contribution is -2.53. The molecule has 2 aromatic carbocycles. The van der Waals surface area contributed by atoms with Crippen molar-refractivity contribution >= 4 is 0 Å². The first kappa shape index (κ1) is 18.1. The van der Waals surface area contributed by atoms with Crippen molar-refractivity contribution < 1.29 is 18.3 Å². The quantitative estimate of drug-likeness (QED) is 0.701. The number of nitrogens with zero attached hydrogens (tertiary/aromatic N) is 1. The number of hydrogen-bond donors (Lipinski definition) is 0. The number of benzene rings is 2.